The molecule has 2 aliphatic rings. The zero-order valence-corrected chi connectivity index (χ0v) is 20.3. The predicted octanol–water partition coefficient (Wildman–Crippen LogP) is 3.43. The highest BCUT2D eigenvalue weighted by Gasteiger charge is 2.27. The lowest BCUT2D eigenvalue weighted by atomic mass is 10.0. The molecule has 186 valence electrons. The third kappa shape index (κ3) is 4.59. The van der Waals surface area contributed by atoms with E-state index in [1.54, 1.807) is 7.11 Å². The summed E-state index contributed by atoms with van der Waals surface area (Å²) in [7, 11) is 1.67. The molecule has 1 amide bonds. The van der Waals surface area contributed by atoms with Crippen LogP contribution in [0.5, 0.6) is 5.75 Å². The standard InChI is InChI=1S/C27H30N6O3/c1-35-22-5-2-18(3-6-22)26-16-33-25(17-36-26)24(30-31-33)15-32-12-9-21(10-13-32)29-27(34)20-4-7-23-19(14-20)8-11-28-23/h2-8,11,14,21,26,28H,9-10,12-13,15-17H2,1H3,(H,29,34). The van der Waals surface area contributed by atoms with Crippen molar-refractivity contribution in [1.29, 1.82) is 0 Å². The highest BCUT2D eigenvalue weighted by Crippen LogP contribution is 2.29. The van der Waals surface area contributed by atoms with Gasteiger partial charge in [-0.3, -0.25) is 9.69 Å². The third-order valence-electron chi connectivity index (χ3n) is 7.28. The van der Waals surface area contributed by atoms with Gasteiger partial charge in [-0.25, -0.2) is 4.68 Å². The maximum atomic E-state index is 12.8. The Bertz CT molecular complexity index is 1350. The first-order valence-corrected chi connectivity index (χ1v) is 12.4. The molecule has 0 spiro atoms. The number of aromatic nitrogens is 4. The van der Waals surface area contributed by atoms with E-state index in [4.69, 9.17) is 9.47 Å². The van der Waals surface area contributed by atoms with Crippen LogP contribution in [0.3, 0.4) is 0 Å². The molecule has 36 heavy (non-hydrogen) atoms. The molecule has 2 aliphatic heterocycles. The normalized spacial score (nSPS) is 18.8. The van der Waals surface area contributed by atoms with Crippen LogP contribution in [0, 0.1) is 0 Å². The zero-order chi connectivity index (χ0) is 24.5. The van der Waals surface area contributed by atoms with Gasteiger partial charge in [0.1, 0.15) is 17.5 Å². The number of ether oxygens (including phenoxy) is 2. The second kappa shape index (κ2) is 9.75. The van der Waals surface area contributed by atoms with Crippen molar-refractivity contribution in [2.45, 2.75) is 44.7 Å². The maximum absolute atomic E-state index is 12.8. The number of fused-ring (bicyclic) bond motifs is 2. The summed E-state index contributed by atoms with van der Waals surface area (Å²) < 4.78 is 13.4. The minimum absolute atomic E-state index is 0.00696. The van der Waals surface area contributed by atoms with Gasteiger partial charge in [0.05, 0.1) is 26.0 Å². The number of carbonyl (C=O) groups is 1. The molecule has 2 N–H and O–H groups in total. The third-order valence-corrected chi connectivity index (χ3v) is 7.28. The number of rotatable bonds is 6. The van der Waals surface area contributed by atoms with Crippen molar-refractivity contribution in [2.75, 3.05) is 20.2 Å². The molecular formula is C27H30N6O3. The molecule has 1 atom stereocenters. The van der Waals surface area contributed by atoms with Crippen molar-refractivity contribution in [3.63, 3.8) is 0 Å². The summed E-state index contributed by atoms with van der Waals surface area (Å²) in [6, 6.07) is 15.9. The minimum Gasteiger partial charge on any atom is -0.497 e. The van der Waals surface area contributed by atoms with E-state index in [1.165, 1.54) is 0 Å². The van der Waals surface area contributed by atoms with Crippen LogP contribution in [0.2, 0.25) is 0 Å². The first kappa shape index (κ1) is 22.8. The van der Waals surface area contributed by atoms with Crippen LogP contribution in [0.1, 0.15) is 46.3 Å². The summed E-state index contributed by atoms with van der Waals surface area (Å²) in [6.45, 7) is 3.71. The molecule has 1 unspecified atom stereocenters. The van der Waals surface area contributed by atoms with Crippen molar-refractivity contribution in [2.24, 2.45) is 0 Å². The molecule has 1 saturated heterocycles. The van der Waals surface area contributed by atoms with Gasteiger partial charge in [-0.15, -0.1) is 5.10 Å². The Morgan fingerprint density at radius 1 is 1.17 bits per heavy atom. The Labute approximate surface area is 209 Å². The Kier molecular flexibility index (Phi) is 6.16. The number of aromatic amines is 1. The molecule has 0 saturated carbocycles. The van der Waals surface area contributed by atoms with E-state index in [1.807, 2.05) is 59.4 Å². The summed E-state index contributed by atoms with van der Waals surface area (Å²) in [5.41, 5.74) is 4.88. The SMILES string of the molecule is COc1ccc(C2Cn3nnc(CN4CCC(NC(=O)c5ccc6[nH]ccc6c5)CC4)c3CO2)cc1. The van der Waals surface area contributed by atoms with E-state index < -0.39 is 0 Å². The van der Waals surface area contributed by atoms with E-state index in [9.17, 15) is 4.79 Å². The molecule has 0 bridgehead atoms. The number of carbonyl (C=O) groups excluding carboxylic acids is 1. The molecule has 6 rings (SSSR count). The van der Waals surface area contributed by atoms with Gasteiger partial charge in [-0.2, -0.15) is 0 Å². The van der Waals surface area contributed by atoms with E-state index in [-0.39, 0.29) is 18.1 Å². The Balaban J connectivity index is 1.02. The van der Waals surface area contributed by atoms with Crippen LogP contribution in [0.25, 0.3) is 10.9 Å². The number of methoxy groups -OCH3 is 1. The van der Waals surface area contributed by atoms with Crippen molar-refractivity contribution < 1.29 is 14.3 Å². The number of benzene rings is 2. The summed E-state index contributed by atoms with van der Waals surface area (Å²) >= 11 is 0. The number of piperidine rings is 1. The zero-order valence-electron chi connectivity index (χ0n) is 20.3. The lowest BCUT2D eigenvalue weighted by Gasteiger charge is -2.32. The Hall–Kier alpha value is -3.69. The average molecular weight is 487 g/mol. The molecule has 1 fully saturated rings. The number of likely N-dealkylation sites (tertiary alicyclic amines) is 1. The van der Waals surface area contributed by atoms with Crippen LogP contribution < -0.4 is 10.1 Å². The number of nitrogens with zero attached hydrogens (tertiary/aromatic N) is 4. The second-order valence-electron chi connectivity index (χ2n) is 9.54. The van der Waals surface area contributed by atoms with Gasteiger partial charge < -0.3 is 19.8 Å². The van der Waals surface area contributed by atoms with Gasteiger partial charge >= 0.3 is 0 Å². The fourth-order valence-corrected chi connectivity index (χ4v) is 5.12. The largest absolute Gasteiger partial charge is 0.497 e. The number of hydrogen-bond acceptors (Lipinski definition) is 6. The highest BCUT2D eigenvalue weighted by atomic mass is 16.5. The van der Waals surface area contributed by atoms with Crippen molar-refractivity contribution in [1.82, 2.24) is 30.2 Å². The van der Waals surface area contributed by atoms with Crippen molar-refractivity contribution in [3.8, 4) is 5.75 Å². The topological polar surface area (TPSA) is 97.3 Å². The lowest BCUT2D eigenvalue weighted by molar-refractivity contribution is -0.00218. The first-order valence-electron chi connectivity index (χ1n) is 12.4. The quantitative estimate of drug-likeness (QED) is 0.433. The molecular weight excluding hydrogens is 456 g/mol. The Morgan fingerprint density at radius 2 is 2.00 bits per heavy atom. The van der Waals surface area contributed by atoms with Crippen molar-refractivity contribution in [3.05, 3.63) is 77.2 Å². The molecule has 4 heterocycles. The number of hydrogen-bond donors (Lipinski definition) is 2. The molecule has 0 aliphatic carbocycles. The number of nitrogens with one attached hydrogen (secondary N) is 2. The lowest BCUT2D eigenvalue weighted by Crippen LogP contribution is -2.44. The average Bonchev–Trinajstić information content (AvgIpc) is 3.56. The van der Waals surface area contributed by atoms with Crippen LogP contribution in [-0.4, -0.2) is 57.0 Å². The van der Waals surface area contributed by atoms with Crippen LogP contribution in [0.4, 0.5) is 0 Å². The van der Waals surface area contributed by atoms with E-state index in [0.717, 1.165) is 66.1 Å². The van der Waals surface area contributed by atoms with Gasteiger partial charge in [0, 0.05) is 48.3 Å². The van der Waals surface area contributed by atoms with Crippen molar-refractivity contribution >= 4 is 16.8 Å². The summed E-state index contributed by atoms with van der Waals surface area (Å²) in [5, 5.41) is 13.2. The molecule has 9 heteroatoms. The minimum atomic E-state index is -0.0460. The van der Waals surface area contributed by atoms with Crippen LogP contribution in [0.15, 0.2) is 54.7 Å². The van der Waals surface area contributed by atoms with Gasteiger partial charge in [-0.05, 0) is 54.8 Å². The summed E-state index contributed by atoms with van der Waals surface area (Å²) in [6.07, 6.45) is 3.67. The predicted molar refractivity (Wildman–Crippen MR) is 135 cm³/mol. The van der Waals surface area contributed by atoms with E-state index in [2.05, 4.69) is 25.5 Å². The number of H-pyrrole nitrogens is 1. The van der Waals surface area contributed by atoms with Crippen LogP contribution in [-0.2, 0) is 24.4 Å². The first-order chi connectivity index (χ1) is 17.7. The molecule has 2 aromatic heterocycles. The van der Waals surface area contributed by atoms with Gasteiger partial charge in [-0.1, -0.05) is 17.3 Å². The van der Waals surface area contributed by atoms with E-state index >= 15 is 0 Å². The van der Waals surface area contributed by atoms with Gasteiger partial charge in [0.25, 0.3) is 5.91 Å². The molecule has 2 aromatic carbocycles. The highest BCUT2D eigenvalue weighted by molar-refractivity contribution is 5.98. The molecule has 9 nitrogen and oxygen atoms in total. The molecule has 0 radical (unpaired) electrons. The van der Waals surface area contributed by atoms with Gasteiger partial charge in [0.15, 0.2) is 0 Å². The smallest absolute Gasteiger partial charge is 0.251 e. The Morgan fingerprint density at radius 3 is 2.81 bits per heavy atom. The van der Waals surface area contributed by atoms with Gasteiger partial charge in [0.2, 0.25) is 0 Å². The summed E-state index contributed by atoms with van der Waals surface area (Å²) in [5.74, 6) is 0.826. The van der Waals surface area contributed by atoms with Crippen LogP contribution >= 0.6 is 0 Å². The monoisotopic (exact) mass is 486 g/mol. The maximum Gasteiger partial charge on any atom is 0.251 e. The van der Waals surface area contributed by atoms with E-state index in [0.29, 0.717) is 18.7 Å². The summed E-state index contributed by atoms with van der Waals surface area (Å²) in [4.78, 5) is 18.3. The number of amides is 1. The fraction of sp³-hybridized carbons (Fsp3) is 0.370. The molecule has 4 aromatic rings. The fourth-order valence-electron chi connectivity index (χ4n) is 5.12. The second-order valence-corrected chi connectivity index (χ2v) is 9.54.